The molecule has 0 aliphatic carbocycles. The lowest BCUT2D eigenvalue weighted by Crippen LogP contribution is -2.43. The molecule has 0 fully saturated rings. The van der Waals surface area contributed by atoms with Crippen LogP contribution >= 0.6 is 0 Å². The molecule has 0 aliphatic rings. The lowest BCUT2D eigenvalue weighted by molar-refractivity contribution is -0.137. The number of ether oxygens (including phenoxy) is 1. The maximum atomic E-state index is 10.9. The molecule has 0 unspecified atom stereocenters. The molecule has 0 rings (SSSR count). The van der Waals surface area contributed by atoms with E-state index in [4.69, 9.17) is 16.2 Å². The van der Waals surface area contributed by atoms with Gasteiger partial charge in [-0.3, -0.25) is 0 Å². The minimum Gasteiger partial charge on any atom is -0.463 e. The van der Waals surface area contributed by atoms with Crippen LogP contribution in [0.25, 0.3) is 0 Å². The van der Waals surface area contributed by atoms with Crippen LogP contribution in [0.3, 0.4) is 0 Å². The molecule has 0 amide bonds. The van der Waals surface area contributed by atoms with Gasteiger partial charge in [-0.2, -0.15) is 0 Å². The van der Waals surface area contributed by atoms with Crippen LogP contribution in [0.5, 0.6) is 0 Å². The zero-order valence-corrected chi connectivity index (χ0v) is 9.07. The van der Waals surface area contributed by atoms with Gasteiger partial charge < -0.3 is 16.2 Å². The highest BCUT2D eigenvalue weighted by molar-refractivity contribution is 5.81. The number of carbonyl (C=O) groups is 1. The summed E-state index contributed by atoms with van der Waals surface area (Å²) < 4.78 is 4.71. The highest BCUT2D eigenvalue weighted by atomic mass is 16.5. The van der Waals surface area contributed by atoms with Crippen molar-refractivity contribution in [3.05, 3.63) is 12.2 Å². The van der Waals surface area contributed by atoms with E-state index < -0.39 is 0 Å². The zero-order valence-electron chi connectivity index (χ0n) is 9.07. The fourth-order valence-corrected chi connectivity index (χ4v) is 0.953. The topological polar surface area (TPSA) is 78.3 Å². The van der Waals surface area contributed by atoms with Crippen molar-refractivity contribution >= 4 is 5.97 Å². The van der Waals surface area contributed by atoms with Gasteiger partial charge in [-0.1, -0.05) is 19.9 Å². The van der Waals surface area contributed by atoms with Crippen LogP contribution in [0.15, 0.2) is 12.2 Å². The third-order valence-corrected chi connectivity index (χ3v) is 1.96. The van der Waals surface area contributed by atoms with E-state index in [0.29, 0.717) is 6.61 Å². The molecule has 2 atom stereocenters. The van der Waals surface area contributed by atoms with Crippen LogP contribution in [0, 0.1) is 5.92 Å². The first-order valence-electron chi connectivity index (χ1n) is 4.85. The van der Waals surface area contributed by atoms with Crippen molar-refractivity contribution in [3.63, 3.8) is 0 Å². The summed E-state index contributed by atoms with van der Waals surface area (Å²) in [6.07, 6.45) is 2.92. The molecule has 0 aliphatic heterocycles. The van der Waals surface area contributed by atoms with E-state index in [0.717, 1.165) is 0 Å². The minimum atomic E-state index is -0.376. The quantitative estimate of drug-likeness (QED) is 0.498. The fraction of sp³-hybridized carbons (Fsp3) is 0.700. The van der Waals surface area contributed by atoms with Crippen molar-refractivity contribution in [2.75, 3.05) is 6.61 Å². The lowest BCUT2D eigenvalue weighted by Gasteiger charge is -2.19. The molecule has 82 valence electrons. The second kappa shape index (κ2) is 6.56. The van der Waals surface area contributed by atoms with E-state index in [-0.39, 0.29) is 24.0 Å². The SMILES string of the molecule is CCOC(=O)/C=C/[C@H](N)[C@@H](N)C(C)C. The van der Waals surface area contributed by atoms with Gasteiger partial charge in [-0.25, -0.2) is 4.79 Å². The van der Waals surface area contributed by atoms with Crippen LogP contribution in [-0.2, 0) is 9.53 Å². The van der Waals surface area contributed by atoms with Crippen LogP contribution in [-0.4, -0.2) is 24.7 Å². The summed E-state index contributed by atoms with van der Waals surface area (Å²) in [6.45, 7) is 6.10. The van der Waals surface area contributed by atoms with E-state index in [1.807, 2.05) is 13.8 Å². The Labute approximate surface area is 85.3 Å². The molecule has 0 aromatic rings. The summed E-state index contributed by atoms with van der Waals surface area (Å²) in [7, 11) is 0. The van der Waals surface area contributed by atoms with Gasteiger partial charge in [0.1, 0.15) is 0 Å². The van der Waals surface area contributed by atoms with Gasteiger partial charge in [0.05, 0.1) is 6.61 Å². The Morgan fingerprint density at radius 1 is 1.43 bits per heavy atom. The molecular weight excluding hydrogens is 180 g/mol. The molecule has 0 radical (unpaired) electrons. The van der Waals surface area contributed by atoms with E-state index in [1.54, 1.807) is 13.0 Å². The largest absolute Gasteiger partial charge is 0.463 e. The fourth-order valence-electron chi connectivity index (χ4n) is 0.953. The molecular formula is C10H20N2O2. The third kappa shape index (κ3) is 4.99. The van der Waals surface area contributed by atoms with Crippen molar-refractivity contribution in [1.82, 2.24) is 0 Å². The van der Waals surface area contributed by atoms with Gasteiger partial charge in [-0.05, 0) is 12.8 Å². The molecule has 0 heterocycles. The Morgan fingerprint density at radius 3 is 2.43 bits per heavy atom. The van der Waals surface area contributed by atoms with Crippen LogP contribution < -0.4 is 11.5 Å². The Hall–Kier alpha value is -0.870. The highest BCUT2D eigenvalue weighted by Gasteiger charge is 2.14. The normalized spacial score (nSPS) is 15.9. The first-order chi connectivity index (χ1) is 6.49. The Morgan fingerprint density at radius 2 is 2.00 bits per heavy atom. The summed E-state index contributed by atoms with van der Waals surface area (Å²) in [6, 6.07) is -0.444. The second-order valence-electron chi connectivity index (χ2n) is 3.51. The maximum absolute atomic E-state index is 10.9. The Kier molecular flexibility index (Phi) is 6.16. The van der Waals surface area contributed by atoms with Crippen molar-refractivity contribution in [1.29, 1.82) is 0 Å². The predicted molar refractivity (Wildman–Crippen MR) is 56.6 cm³/mol. The summed E-state index contributed by atoms with van der Waals surface area (Å²) in [5.41, 5.74) is 11.5. The molecule has 0 aromatic carbocycles. The molecule has 0 bridgehead atoms. The first kappa shape index (κ1) is 13.1. The van der Waals surface area contributed by atoms with Crippen molar-refractivity contribution in [3.8, 4) is 0 Å². The van der Waals surface area contributed by atoms with Gasteiger partial charge in [0.25, 0.3) is 0 Å². The third-order valence-electron chi connectivity index (χ3n) is 1.96. The van der Waals surface area contributed by atoms with Gasteiger partial charge in [0, 0.05) is 18.2 Å². The molecule has 0 spiro atoms. The zero-order chi connectivity index (χ0) is 11.1. The highest BCUT2D eigenvalue weighted by Crippen LogP contribution is 2.02. The lowest BCUT2D eigenvalue weighted by atomic mass is 9.98. The molecule has 0 aromatic heterocycles. The van der Waals surface area contributed by atoms with Crippen molar-refractivity contribution in [2.24, 2.45) is 17.4 Å². The molecule has 0 saturated heterocycles. The van der Waals surface area contributed by atoms with E-state index in [9.17, 15) is 4.79 Å². The van der Waals surface area contributed by atoms with E-state index >= 15 is 0 Å². The Balaban J connectivity index is 4.04. The number of hydrogen-bond donors (Lipinski definition) is 2. The van der Waals surface area contributed by atoms with Crippen LogP contribution in [0.2, 0.25) is 0 Å². The molecule has 14 heavy (non-hydrogen) atoms. The monoisotopic (exact) mass is 200 g/mol. The Bertz CT molecular complexity index is 202. The second-order valence-corrected chi connectivity index (χ2v) is 3.51. The maximum Gasteiger partial charge on any atom is 0.330 e. The van der Waals surface area contributed by atoms with Gasteiger partial charge in [0.2, 0.25) is 0 Å². The molecule has 0 saturated carbocycles. The summed E-state index contributed by atoms with van der Waals surface area (Å²) >= 11 is 0. The van der Waals surface area contributed by atoms with Gasteiger partial charge in [0.15, 0.2) is 0 Å². The number of nitrogens with two attached hydrogens (primary N) is 2. The molecule has 4 heteroatoms. The number of esters is 1. The van der Waals surface area contributed by atoms with Crippen LogP contribution in [0.4, 0.5) is 0 Å². The van der Waals surface area contributed by atoms with E-state index in [1.165, 1.54) is 6.08 Å². The van der Waals surface area contributed by atoms with Crippen molar-refractivity contribution < 1.29 is 9.53 Å². The smallest absolute Gasteiger partial charge is 0.330 e. The molecule has 4 nitrogen and oxygen atoms in total. The first-order valence-corrected chi connectivity index (χ1v) is 4.85. The van der Waals surface area contributed by atoms with Crippen LogP contribution in [0.1, 0.15) is 20.8 Å². The standard InChI is InChI=1S/C10H20N2O2/c1-4-14-9(13)6-5-8(11)10(12)7(2)3/h5-8,10H,4,11-12H2,1-3H3/b6-5+/t8-,10-/m0/s1. The van der Waals surface area contributed by atoms with Gasteiger partial charge in [-0.15, -0.1) is 0 Å². The van der Waals surface area contributed by atoms with Gasteiger partial charge >= 0.3 is 5.97 Å². The van der Waals surface area contributed by atoms with E-state index in [2.05, 4.69) is 0 Å². The average Bonchev–Trinajstić information content (AvgIpc) is 2.13. The molecule has 4 N–H and O–H groups in total. The predicted octanol–water partition coefficient (Wildman–Crippen LogP) is 0.416. The minimum absolute atomic E-state index is 0.138. The van der Waals surface area contributed by atoms with Crippen molar-refractivity contribution in [2.45, 2.75) is 32.9 Å². The summed E-state index contributed by atoms with van der Waals surface area (Å²) in [5.74, 6) is -0.0873. The number of hydrogen-bond acceptors (Lipinski definition) is 4. The number of rotatable bonds is 5. The summed E-state index contributed by atoms with van der Waals surface area (Å²) in [5, 5.41) is 0. The number of carbonyl (C=O) groups excluding carboxylic acids is 1. The average molecular weight is 200 g/mol. The summed E-state index contributed by atoms with van der Waals surface area (Å²) in [4.78, 5) is 10.9.